The number of rotatable bonds is 6. The van der Waals surface area contributed by atoms with Crippen LogP contribution in [0.25, 0.3) is 0 Å². The minimum absolute atomic E-state index is 0.0272. The largest absolute Gasteiger partial charge is 0.376 e. The molecule has 1 aromatic carbocycles. The Labute approximate surface area is 136 Å². The van der Waals surface area contributed by atoms with Gasteiger partial charge in [0.1, 0.15) is 13.5 Å². The van der Waals surface area contributed by atoms with E-state index < -0.39 is 8.07 Å². The Kier molecular flexibility index (Phi) is 5.99. The second kappa shape index (κ2) is 7.56. The van der Waals surface area contributed by atoms with Crippen molar-refractivity contribution in [2.45, 2.75) is 57.8 Å². The molecule has 2 atom stereocenters. The molecule has 0 radical (unpaired) electrons. The Morgan fingerprint density at radius 1 is 1.09 bits per heavy atom. The molecule has 2 rings (SSSR count). The first-order valence-corrected chi connectivity index (χ1v) is 12.1. The Bertz CT molecular complexity index is 472. The summed E-state index contributed by atoms with van der Waals surface area (Å²) in [6, 6.07) is 10.3. The van der Waals surface area contributed by atoms with Gasteiger partial charge in [-0.1, -0.05) is 69.2 Å². The van der Waals surface area contributed by atoms with Crippen LogP contribution in [0.3, 0.4) is 0 Å². The van der Waals surface area contributed by atoms with E-state index in [9.17, 15) is 4.79 Å². The molecule has 0 aliphatic heterocycles. The third kappa shape index (κ3) is 4.08. The van der Waals surface area contributed by atoms with E-state index in [2.05, 4.69) is 31.8 Å². The maximum atomic E-state index is 13.2. The molecule has 3 heteroatoms. The average Bonchev–Trinajstić information content (AvgIpc) is 2.52. The smallest absolute Gasteiger partial charge is 0.124 e. The number of hydrogen-bond donors (Lipinski definition) is 0. The van der Waals surface area contributed by atoms with Crippen LogP contribution in [-0.4, -0.2) is 20.6 Å². The number of carbonyl (C=O) groups is 1. The average molecular weight is 319 g/mol. The van der Waals surface area contributed by atoms with E-state index in [1.165, 1.54) is 32.1 Å². The zero-order chi connectivity index (χ0) is 16.2. The molecule has 0 saturated heterocycles. The lowest BCUT2D eigenvalue weighted by atomic mass is 9.76. The molecule has 0 aromatic heterocycles. The number of ether oxygens (including phenoxy) is 1. The SMILES string of the molecule is CO[C@@H](c1ccccc1)[C@@H](C(=O)[Si](C)(C)C)C1CCCCC1. The molecule has 0 amide bonds. The summed E-state index contributed by atoms with van der Waals surface area (Å²) >= 11 is 0. The lowest BCUT2D eigenvalue weighted by molar-refractivity contribution is -0.124. The molecule has 1 fully saturated rings. The van der Waals surface area contributed by atoms with E-state index in [1.807, 2.05) is 18.2 Å². The first kappa shape index (κ1) is 17.4. The van der Waals surface area contributed by atoms with Crippen molar-refractivity contribution in [1.82, 2.24) is 0 Å². The highest BCUT2D eigenvalue weighted by Gasteiger charge is 2.41. The Hall–Kier alpha value is -0.933. The standard InChI is InChI=1S/C19H30O2Si/c1-21-18(16-13-9-6-10-14-16)17(19(20)22(2,3)4)15-11-7-5-8-12-15/h6,9-10,13-15,17-18H,5,7-8,11-12H2,1-4H3/t17-,18-/m0/s1. The summed E-state index contributed by atoms with van der Waals surface area (Å²) in [6.07, 6.45) is 6.08. The molecule has 22 heavy (non-hydrogen) atoms. The molecule has 0 N–H and O–H groups in total. The Morgan fingerprint density at radius 2 is 1.68 bits per heavy atom. The van der Waals surface area contributed by atoms with Crippen LogP contribution in [0.1, 0.15) is 43.8 Å². The fourth-order valence-electron chi connectivity index (χ4n) is 3.72. The quantitative estimate of drug-likeness (QED) is 0.689. The second-order valence-electron chi connectivity index (χ2n) is 7.61. The van der Waals surface area contributed by atoms with Crippen molar-refractivity contribution in [2.24, 2.45) is 11.8 Å². The summed E-state index contributed by atoms with van der Waals surface area (Å²) in [5.74, 6) is 0.512. The van der Waals surface area contributed by atoms with E-state index in [0.29, 0.717) is 11.3 Å². The molecule has 0 bridgehead atoms. The molecule has 0 spiro atoms. The molecule has 122 valence electrons. The maximum absolute atomic E-state index is 13.2. The third-order valence-electron chi connectivity index (χ3n) is 4.91. The normalized spacial score (nSPS) is 19.6. The van der Waals surface area contributed by atoms with Crippen LogP contribution in [0, 0.1) is 11.8 Å². The van der Waals surface area contributed by atoms with Crippen LogP contribution in [0.4, 0.5) is 0 Å². The van der Waals surface area contributed by atoms with Gasteiger partial charge in [-0.05, 0) is 24.3 Å². The zero-order valence-corrected chi connectivity index (χ0v) is 15.5. The highest BCUT2D eigenvalue weighted by molar-refractivity contribution is 7.03. The van der Waals surface area contributed by atoms with Gasteiger partial charge in [-0.15, -0.1) is 0 Å². The van der Waals surface area contributed by atoms with E-state index in [-0.39, 0.29) is 12.0 Å². The molecular formula is C19H30O2Si. The van der Waals surface area contributed by atoms with E-state index >= 15 is 0 Å². The van der Waals surface area contributed by atoms with Crippen LogP contribution in [0.2, 0.25) is 19.6 Å². The van der Waals surface area contributed by atoms with Crippen LogP contribution in [0.5, 0.6) is 0 Å². The van der Waals surface area contributed by atoms with E-state index in [4.69, 9.17) is 4.74 Å². The van der Waals surface area contributed by atoms with Gasteiger partial charge in [0.15, 0.2) is 0 Å². The zero-order valence-electron chi connectivity index (χ0n) is 14.5. The minimum atomic E-state index is -1.84. The summed E-state index contributed by atoms with van der Waals surface area (Å²) in [5.41, 5.74) is 1.15. The van der Waals surface area contributed by atoms with Gasteiger partial charge in [-0.3, -0.25) is 0 Å². The monoisotopic (exact) mass is 318 g/mol. The highest BCUT2D eigenvalue weighted by atomic mass is 28.3. The van der Waals surface area contributed by atoms with Gasteiger partial charge in [-0.25, -0.2) is 0 Å². The number of methoxy groups -OCH3 is 1. The number of hydrogen-bond acceptors (Lipinski definition) is 2. The second-order valence-corrected chi connectivity index (χ2v) is 12.6. The molecule has 0 heterocycles. The Morgan fingerprint density at radius 3 is 2.18 bits per heavy atom. The van der Waals surface area contributed by atoms with Gasteiger partial charge in [0.05, 0.1) is 6.10 Å². The van der Waals surface area contributed by atoms with E-state index in [1.54, 1.807) is 7.11 Å². The van der Waals surface area contributed by atoms with Gasteiger partial charge < -0.3 is 9.53 Å². The molecular weight excluding hydrogens is 288 g/mol. The molecule has 1 aromatic rings. The predicted molar refractivity (Wildman–Crippen MR) is 94.6 cm³/mol. The highest BCUT2D eigenvalue weighted by Crippen LogP contribution is 2.40. The summed E-state index contributed by atoms with van der Waals surface area (Å²) in [4.78, 5) is 13.2. The molecule has 1 aliphatic carbocycles. The van der Waals surface area contributed by atoms with Crippen molar-refractivity contribution in [1.29, 1.82) is 0 Å². The summed E-state index contributed by atoms with van der Waals surface area (Å²) in [6.45, 7) is 6.51. The van der Waals surface area contributed by atoms with Gasteiger partial charge in [-0.2, -0.15) is 0 Å². The van der Waals surface area contributed by atoms with Gasteiger partial charge in [0, 0.05) is 13.0 Å². The molecule has 1 aliphatic rings. The van der Waals surface area contributed by atoms with E-state index in [0.717, 1.165) is 5.56 Å². The van der Waals surface area contributed by atoms with Crippen molar-refractivity contribution >= 4 is 13.5 Å². The topological polar surface area (TPSA) is 26.3 Å². The maximum Gasteiger partial charge on any atom is 0.124 e. The molecule has 0 unspecified atom stereocenters. The van der Waals surface area contributed by atoms with Crippen molar-refractivity contribution in [2.75, 3.05) is 7.11 Å². The van der Waals surface area contributed by atoms with Crippen LogP contribution >= 0.6 is 0 Å². The summed E-state index contributed by atoms with van der Waals surface area (Å²) in [5, 5.41) is 0.482. The fraction of sp³-hybridized carbons (Fsp3) is 0.632. The first-order chi connectivity index (χ1) is 10.4. The molecule has 2 nitrogen and oxygen atoms in total. The third-order valence-corrected chi connectivity index (χ3v) is 6.72. The van der Waals surface area contributed by atoms with Crippen LogP contribution < -0.4 is 0 Å². The van der Waals surface area contributed by atoms with Crippen molar-refractivity contribution < 1.29 is 9.53 Å². The van der Waals surface area contributed by atoms with Crippen molar-refractivity contribution in [3.63, 3.8) is 0 Å². The minimum Gasteiger partial charge on any atom is -0.376 e. The summed E-state index contributed by atoms with van der Waals surface area (Å²) in [7, 11) is -0.0835. The predicted octanol–water partition coefficient (Wildman–Crippen LogP) is 5.02. The lowest BCUT2D eigenvalue weighted by Gasteiger charge is -2.37. The lowest BCUT2D eigenvalue weighted by Crippen LogP contribution is -2.45. The van der Waals surface area contributed by atoms with Gasteiger partial charge in [0.25, 0.3) is 0 Å². The fourth-order valence-corrected chi connectivity index (χ4v) is 5.11. The van der Waals surface area contributed by atoms with Crippen LogP contribution in [-0.2, 0) is 9.53 Å². The van der Waals surface area contributed by atoms with Crippen LogP contribution in [0.15, 0.2) is 30.3 Å². The first-order valence-electron chi connectivity index (χ1n) is 8.57. The van der Waals surface area contributed by atoms with Crippen molar-refractivity contribution in [3.8, 4) is 0 Å². The number of benzene rings is 1. The number of carbonyl (C=O) groups excluding carboxylic acids is 1. The van der Waals surface area contributed by atoms with Crippen molar-refractivity contribution in [3.05, 3.63) is 35.9 Å². The van der Waals surface area contributed by atoms with Gasteiger partial charge >= 0.3 is 0 Å². The summed E-state index contributed by atoms with van der Waals surface area (Å²) < 4.78 is 5.87. The Balaban J connectivity index is 2.35. The van der Waals surface area contributed by atoms with Gasteiger partial charge in [0.2, 0.25) is 0 Å². The molecule has 1 saturated carbocycles.